The molecule has 0 aromatic heterocycles. The van der Waals surface area contributed by atoms with Gasteiger partial charge in [-0.1, -0.05) is 6.07 Å². The maximum Gasteiger partial charge on any atom is 0.147 e. The zero-order valence-corrected chi connectivity index (χ0v) is 10.1. The average molecular weight is 246 g/mol. The van der Waals surface area contributed by atoms with Crippen molar-refractivity contribution in [3.05, 3.63) is 35.1 Å². The Morgan fingerprint density at radius 3 is 2.56 bits per heavy atom. The standard InChI is InChI=1S/C11H15FO3S/c1-8-7-9(12)3-4-10(8)11(13)5-6-16(2,14)15/h3-4,7,11,13H,5-6H2,1-2H3. The molecule has 1 aromatic rings. The number of benzene rings is 1. The zero-order chi connectivity index (χ0) is 12.3. The number of aliphatic hydroxyl groups is 1. The van der Waals surface area contributed by atoms with Crippen LogP contribution in [0.2, 0.25) is 0 Å². The highest BCUT2D eigenvalue weighted by atomic mass is 32.2. The molecule has 0 aliphatic carbocycles. The topological polar surface area (TPSA) is 54.4 Å². The molecule has 1 unspecified atom stereocenters. The van der Waals surface area contributed by atoms with Gasteiger partial charge in [-0.3, -0.25) is 0 Å². The summed E-state index contributed by atoms with van der Waals surface area (Å²) in [6.07, 6.45) is 0.387. The van der Waals surface area contributed by atoms with Gasteiger partial charge in [0, 0.05) is 6.26 Å². The molecule has 0 saturated carbocycles. The Morgan fingerprint density at radius 1 is 1.44 bits per heavy atom. The van der Waals surface area contributed by atoms with Crippen molar-refractivity contribution in [2.75, 3.05) is 12.0 Å². The minimum Gasteiger partial charge on any atom is -0.388 e. The van der Waals surface area contributed by atoms with Gasteiger partial charge in [0.05, 0.1) is 11.9 Å². The Hall–Kier alpha value is -0.940. The summed E-state index contributed by atoms with van der Waals surface area (Å²) >= 11 is 0. The van der Waals surface area contributed by atoms with Crippen LogP contribution in [0, 0.1) is 12.7 Å². The van der Waals surface area contributed by atoms with Gasteiger partial charge in [0.1, 0.15) is 15.7 Å². The van der Waals surface area contributed by atoms with E-state index in [1.807, 2.05) is 0 Å². The van der Waals surface area contributed by atoms with Crippen molar-refractivity contribution >= 4 is 9.84 Å². The van der Waals surface area contributed by atoms with E-state index < -0.39 is 15.9 Å². The van der Waals surface area contributed by atoms with Gasteiger partial charge >= 0.3 is 0 Å². The summed E-state index contributed by atoms with van der Waals surface area (Å²) in [5.74, 6) is -0.443. The molecular formula is C11H15FO3S. The summed E-state index contributed by atoms with van der Waals surface area (Å²) in [6.45, 7) is 1.68. The molecule has 0 fully saturated rings. The van der Waals surface area contributed by atoms with E-state index in [2.05, 4.69) is 0 Å². The first-order valence-electron chi connectivity index (χ1n) is 4.91. The van der Waals surface area contributed by atoms with Gasteiger partial charge < -0.3 is 5.11 Å². The first-order chi connectivity index (χ1) is 7.29. The maximum atomic E-state index is 12.8. The molecule has 0 aliphatic rings. The highest BCUT2D eigenvalue weighted by molar-refractivity contribution is 7.90. The molecule has 0 bridgehead atoms. The molecular weight excluding hydrogens is 231 g/mol. The molecule has 0 radical (unpaired) electrons. The SMILES string of the molecule is Cc1cc(F)ccc1C(O)CCS(C)(=O)=O. The lowest BCUT2D eigenvalue weighted by Crippen LogP contribution is -2.09. The minimum absolute atomic E-state index is 0.0784. The lowest BCUT2D eigenvalue weighted by atomic mass is 10.0. The van der Waals surface area contributed by atoms with Gasteiger partial charge in [0.2, 0.25) is 0 Å². The van der Waals surface area contributed by atoms with Gasteiger partial charge in [-0.25, -0.2) is 12.8 Å². The fourth-order valence-corrected chi connectivity index (χ4v) is 2.15. The molecule has 0 saturated heterocycles. The van der Waals surface area contributed by atoms with E-state index in [-0.39, 0.29) is 18.0 Å². The smallest absolute Gasteiger partial charge is 0.147 e. The summed E-state index contributed by atoms with van der Waals surface area (Å²) in [4.78, 5) is 0. The van der Waals surface area contributed by atoms with Crippen molar-refractivity contribution in [1.29, 1.82) is 0 Å². The molecule has 5 heteroatoms. The fraction of sp³-hybridized carbons (Fsp3) is 0.455. The zero-order valence-electron chi connectivity index (χ0n) is 9.27. The van der Waals surface area contributed by atoms with Crippen molar-refractivity contribution in [3.8, 4) is 0 Å². The highest BCUT2D eigenvalue weighted by Gasteiger charge is 2.13. The van der Waals surface area contributed by atoms with E-state index >= 15 is 0 Å². The number of aliphatic hydroxyl groups excluding tert-OH is 1. The summed E-state index contributed by atoms with van der Waals surface area (Å²) in [5, 5.41) is 9.77. The predicted molar refractivity (Wildman–Crippen MR) is 60.4 cm³/mol. The van der Waals surface area contributed by atoms with Crippen LogP contribution in [0.1, 0.15) is 23.7 Å². The van der Waals surface area contributed by atoms with Crippen molar-refractivity contribution < 1.29 is 17.9 Å². The average Bonchev–Trinajstić information content (AvgIpc) is 2.13. The Morgan fingerprint density at radius 2 is 2.06 bits per heavy atom. The van der Waals surface area contributed by atoms with Crippen molar-refractivity contribution in [2.24, 2.45) is 0 Å². The molecule has 16 heavy (non-hydrogen) atoms. The largest absolute Gasteiger partial charge is 0.388 e. The third kappa shape index (κ3) is 3.90. The summed E-state index contributed by atoms with van der Waals surface area (Å²) in [5.41, 5.74) is 1.20. The van der Waals surface area contributed by atoms with Crippen LogP contribution in [0.15, 0.2) is 18.2 Å². The number of rotatable bonds is 4. The third-order valence-corrected chi connectivity index (χ3v) is 3.33. The molecule has 90 valence electrons. The number of sulfone groups is 1. The third-order valence-electron chi connectivity index (χ3n) is 2.35. The maximum absolute atomic E-state index is 12.8. The Balaban J connectivity index is 2.77. The normalized spacial score (nSPS) is 13.8. The van der Waals surface area contributed by atoms with Crippen LogP contribution in [0.4, 0.5) is 4.39 Å². The molecule has 1 atom stereocenters. The quantitative estimate of drug-likeness (QED) is 0.878. The van der Waals surface area contributed by atoms with E-state index in [0.29, 0.717) is 11.1 Å². The summed E-state index contributed by atoms with van der Waals surface area (Å²) in [7, 11) is -3.08. The van der Waals surface area contributed by atoms with Crippen LogP contribution >= 0.6 is 0 Å². The summed E-state index contributed by atoms with van der Waals surface area (Å²) < 4.78 is 34.7. The molecule has 1 rings (SSSR count). The highest BCUT2D eigenvalue weighted by Crippen LogP contribution is 2.21. The lowest BCUT2D eigenvalue weighted by molar-refractivity contribution is 0.173. The monoisotopic (exact) mass is 246 g/mol. The van der Waals surface area contributed by atoms with Gasteiger partial charge in [-0.05, 0) is 36.6 Å². The van der Waals surface area contributed by atoms with Crippen LogP contribution in [0.5, 0.6) is 0 Å². The Labute approximate surface area is 94.8 Å². The lowest BCUT2D eigenvalue weighted by Gasteiger charge is -2.13. The summed E-state index contributed by atoms with van der Waals surface area (Å²) in [6, 6.07) is 4.06. The van der Waals surface area contributed by atoms with Gasteiger partial charge in [0.15, 0.2) is 0 Å². The second kappa shape index (κ2) is 4.93. The van der Waals surface area contributed by atoms with Gasteiger partial charge in [0.25, 0.3) is 0 Å². The van der Waals surface area contributed by atoms with E-state index in [0.717, 1.165) is 6.26 Å². The van der Waals surface area contributed by atoms with E-state index in [9.17, 15) is 17.9 Å². The second-order valence-corrected chi connectivity index (χ2v) is 6.20. The van der Waals surface area contributed by atoms with Crippen LogP contribution in [0.25, 0.3) is 0 Å². The van der Waals surface area contributed by atoms with Crippen LogP contribution in [-0.4, -0.2) is 25.5 Å². The molecule has 0 amide bonds. The Bertz CT molecular complexity index is 468. The van der Waals surface area contributed by atoms with Crippen molar-refractivity contribution in [2.45, 2.75) is 19.4 Å². The van der Waals surface area contributed by atoms with Crippen molar-refractivity contribution in [3.63, 3.8) is 0 Å². The molecule has 0 aliphatic heterocycles. The molecule has 3 nitrogen and oxygen atoms in total. The van der Waals surface area contributed by atoms with Gasteiger partial charge in [-0.15, -0.1) is 0 Å². The fourth-order valence-electron chi connectivity index (χ4n) is 1.49. The van der Waals surface area contributed by atoms with E-state index in [1.165, 1.54) is 18.2 Å². The van der Waals surface area contributed by atoms with E-state index in [4.69, 9.17) is 0 Å². The number of halogens is 1. The molecule has 1 aromatic carbocycles. The number of hydrogen-bond acceptors (Lipinski definition) is 3. The van der Waals surface area contributed by atoms with Crippen LogP contribution < -0.4 is 0 Å². The Kier molecular flexibility index (Phi) is 4.04. The molecule has 0 spiro atoms. The molecule has 0 heterocycles. The van der Waals surface area contributed by atoms with Crippen LogP contribution in [0.3, 0.4) is 0 Å². The van der Waals surface area contributed by atoms with E-state index in [1.54, 1.807) is 6.92 Å². The van der Waals surface area contributed by atoms with Gasteiger partial charge in [-0.2, -0.15) is 0 Å². The van der Waals surface area contributed by atoms with Crippen LogP contribution in [-0.2, 0) is 9.84 Å². The number of aryl methyl sites for hydroxylation is 1. The first-order valence-corrected chi connectivity index (χ1v) is 6.97. The van der Waals surface area contributed by atoms with Crippen molar-refractivity contribution in [1.82, 2.24) is 0 Å². The minimum atomic E-state index is -3.08. The first kappa shape index (κ1) is 13.1. The molecule has 1 N–H and O–H groups in total. The predicted octanol–water partition coefficient (Wildman–Crippen LogP) is 1.60. The number of hydrogen-bond donors (Lipinski definition) is 1. The second-order valence-electron chi connectivity index (χ2n) is 3.94.